The van der Waals surface area contributed by atoms with Crippen LogP contribution < -0.4 is 4.74 Å². The topological polar surface area (TPSA) is 9.23 Å². The van der Waals surface area contributed by atoms with Crippen molar-refractivity contribution in [2.75, 3.05) is 5.88 Å². The second-order valence-electron chi connectivity index (χ2n) is 4.91. The van der Waals surface area contributed by atoms with E-state index in [2.05, 4.69) is 0 Å². The number of ether oxygens (including phenoxy) is 1. The fourth-order valence-corrected chi connectivity index (χ4v) is 2.25. The molecule has 2 rings (SSSR count). The minimum absolute atomic E-state index is 0.0246. The molecule has 0 saturated carbocycles. The maximum absolute atomic E-state index is 13.2. The van der Waals surface area contributed by atoms with Crippen LogP contribution in [0.15, 0.2) is 54.6 Å². The van der Waals surface area contributed by atoms with E-state index in [9.17, 15) is 8.78 Å². The molecule has 0 fully saturated rings. The molecule has 0 radical (unpaired) electrons. The van der Waals surface area contributed by atoms with Crippen molar-refractivity contribution in [2.24, 2.45) is 0 Å². The molecular weight excluding hydrogens is 294 g/mol. The van der Waals surface area contributed by atoms with E-state index in [0.717, 1.165) is 12.5 Å². The molecule has 0 amide bonds. The third-order valence-corrected chi connectivity index (χ3v) is 3.40. The standard InChI is InChI=1S/C17H17ClF2O/c1-17(19,20)14-7-9-15(10-8-14)21-16(11-12-18)13-5-3-2-4-6-13/h2-10,16H,11-12H2,1H3. The lowest BCUT2D eigenvalue weighted by atomic mass is 10.1. The largest absolute Gasteiger partial charge is 0.486 e. The van der Waals surface area contributed by atoms with E-state index in [0.29, 0.717) is 18.1 Å². The van der Waals surface area contributed by atoms with Crippen molar-refractivity contribution in [3.05, 3.63) is 65.7 Å². The summed E-state index contributed by atoms with van der Waals surface area (Å²) < 4.78 is 32.2. The Labute approximate surface area is 128 Å². The highest BCUT2D eigenvalue weighted by atomic mass is 35.5. The molecular formula is C17H17ClF2O. The van der Waals surface area contributed by atoms with Crippen molar-refractivity contribution in [3.63, 3.8) is 0 Å². The zero-order valence-electron chi connectivity index (χ0n) is 11.7. The van der Waals surface area contributed by atoms with E-state index >= 15 is 0 Å². The molecule has 0 aliphatic rings. The first-order valence-electron chi connectivity index (χ1n) is 6.76. The first-order valence-corrected chi connectivity index (χ1v) is 7.30. The molecule has 0 aliphatic carbocycles. The van der Waals surface area contributed by atoms with Gasteiger partial charge in [-0.15, -0.1) is 11.6 Å². The highest BCUT2D eigenvalue weighted by Crippen LogP contribution is 2.30. The number of rotatable bonds is 6. The van der Waals surface area contributed by atoms with Crippen LogP contribution >= 0.6 is 11.6 Å². The maximum atomic E-state index is 13.2. The van der Waals surface area contributed by atoms with Gasteiger partial charge in [-0.3, -0.25) is 0 Å². The van der Waals surface area contributed by atoms with Gasteiger partial charge < -0.3 is 4.74 Å². The lowest BCUT2D eigenvalue weighted by molar-refractivity contribution is 0.0174. The van der Waals surface area contributed by atoms with Crippen molar-refractivity contribution in [1.82, 2.24) is 0 Å². The van der Waals surface area contributed by atoms with Crippen LogP contribution in [0.1, 0.15) is 30.6 Å². The van der Waals surface area contributed by atoms with Gasteiger partial charge in [0.15, 0.2) is 0 Å². The number of hydrogen-bond donors (Lipinski definition) is 0. The number of alkyl halides is 3. The minimum atomic E-state index is -2.84. The zero-order chi connectivity index (χ0) is 15.3. The summed E-state index contributed by atoms with van der Waals surface area (Å²) in [5, 5.41) is 0. The van der Waals surface area contributed by atoms with Gasteiger partial charge in [0, 0.05) is 24.8 Å². The third-order valence-electron chi connectivity index (χ3n) is 3.18. The van der Waals surface area contributed by atoms with Crippen LogP contribution in [0.2, 0.25) is 0 Å². The Morgan fingerprint density at radius 2 is 1.67 bits per heavy atom. The molecule has 1 atom stereocenters. The average molecular weight is 311 g/mol. The molecule has 4 heteroatoms. The Balaban J connectivity index is 2.14. The van der Waals surface area contributed by atoms with Gasteiger partial charge in [-0.25, -0.2) is 8.78 Å². The molecule has 0 heterocycles. The predicted octanol–water partition coefficient (Wildman–Crippen LogP) is 5.55. The minimum Gasteiger partial charge on any atom is -0.486 e. The summed E-state index contributed by atoms with van der Waals surface area (Å²) >= 11 is 5.82. The van der Waals surface area contributed by atoms with Gasteiger partial charge in [0.05, 0.1) is 0 Å². The Kier molecular flexibility index (Phi) is 5.18. The van der Waals surface area contributed by atoms with E-state index in [4.69, 9.17) is 16.3 Å². The van der Waals surface area contributed by atoms with Gasteiger partial charge in [0.2, 0.25) is 0 Å². The molecule has 0 aromatic heterocycles. The quantitative estimate of drug-likeness (QED) is 0.636. The zero-order valence-corrected chi connectivity index (χ0v) is 12.5. The first-order chi connectivity index (χ1) is 10.0. The van der Waals surface area contributed by atoms with Gasteiger partial charge in [0.25, 0.3) is 5.92 Å². The second-order valence-corrected chi connectivity index (χ2v) is 5.29. The van der Waals surface area contributed by atoms with Crippen LogP contribution in [0.5, 0.6) is 5.75 Å². The molecule has 0 N–H and O–H groups in total. The van der Waals surface area contributed by atoms with Crippen LogP contribution in [-0.2, 0) is 5.92 Å². The first kappa shape index (κ1) is 15.8. The number of hydrogen-bond acceptors (Lipinski definition) is 1. The van der Waals surface area contributed by atoms with Crippen molar-refractivity contribution in [2.45, 2.75) is 25.4 Å². The van der Waals surface area contributed by atoms with Crippen molar-refractivity contribution in [3.8, 4) is 5.75 Å². The van der Waals surface area contributed by atoms with Crippen LogP contribution in [0.3, 0.4) is 0 Å². The molecule has 2 aromatic carbocycles. The summed E-state index contributed by atoms with van der Waals surface area (Å²) in [4.78, 5) is 0. The van der Waals surface area contributed by atoms with Crippen molar-refractivity contribution >= 4 is 11.6 Å². The molecule has 21 heavy (non-hydrogen) atoms. The lowest BCUT2D eigenvalue weighted by Crippen LogP contribution is -2.09. The van der Waals surface area contributed by atoms with Gasteiger partial charge in [-0.1, -0.05) is 30.3 Å². The molecule has 1 nitrogen and oxygen atoms in total. The van der Waals surface area contributed by atoms with Crippen LogP contribution in [0.4, 0.5) is 8.78 Å². The molecule has 2 aromatic rings. The number of halogens is 3. The molecule has 112 valence electrons. The molecule has 0 bridgehead atoms. The van der Waals surface area contributed by atoms with Crippen LogP contribution in [-0.4, -0.2) is 5.88 Å². The van der Waals surface area contributed by atoms with Gasteiger partial charge in [0.1, 0.15) is 11.9 Å². The van der Waals surface area contributed by atoms with Crippen LogP contribution in [0.25, 0.3) is 0 Å². The van der Waals surface area contributed by atoms with E-state index < -0.39 is 5.92 Å². The van der Waals surface area contributed by atoms with Crippen molar-refractivity contribution < 1.29 is 13.5 Å². The smallest absolute Gasteiger partial charge is 0.270 e. The van der Waals surface area contributed by atoms with E-state index in [1.807, 2.05) is 30.3 Å². The van der Waals surface area contributed by atoms with E-state index in [1.54, 1.807) is 12.1 Å². The highest BCUT2D eigenvalue weighted by molar-refractivity contribution is 6.17. The second kappa shape index (κ2) is 6.90. The van der Waals surface area contributed by atoms with E-state index in [1.165, 1.54) is 12.1 Å². The average Bonchev–Trinajstić information content (AvgIpc) is 2.47. The fourth-order valence-electron chi connectivity index (χ4n) is 2.05. The molecule has 0 aliphatic heterocycles. The highest BCUT2D eigenvalue weighted by Gasteiger charge is 2.24. The van der Waals surface area contributed by atoms with Gasteiger partial charge in [-0.2, -0.15) is 0 Å². The van der Waals surface area contributed by atoms with Gasteiger partial charge >= 0.3 is 0 Å². The predicted molar refractivity (Wildman–Crippen MR) is 81.2 cm³/mol. The molecule has 0 spiro atoms. The Morgan fingerprint density at radius 1 is 1.05 bits per heavy atom. The summed E-state index contributed by atoms with van der Waals surface area (Å²) in [6.07, 6.45) is 0.466. The fraction of sp³-hybridized carbons (Fsp3) is 0.294. The Bertz CT molecular complexity index is 549. The lowest BCUT2D eigenvalue weighted by Gasteiger charge is -2.19. The summed E-state index contributed by atoms with van der Waals surface area (Å²) in [5.74, 6) is -1.82. The summed E-state index contributed by atoms with van der Waals surface area (Å²) in [6, 6.07) is 15.6. The monoisotopic (exact) mass is 310 g/mol. The maximum Gasteiger partial charge on any atom is 0.270 e. The normalized spacial score (nSPS) is 13.0. The third kappa shape index (κ3) is 4.43. The van der Waals surface area contributed by atoms with E-state index in [-0.39, 0.29) is 11.7 Å². The Hall–Kier alpha value is -1.61. The Morgan fingerprint density at radius 3 is 2.19 bits per heavy atom. The molecule has 0 saturated heterocycles. The summed E-state index contributed by atoms with van der Waals surface area (Å²) in [5.41, 5.74) is 0.992. The van der Waals surface area contributed by atoms with Gasteiger partial charge in [-0.05, 0) is 29.8 Å². The number of benzene rings is 2. The summed E-state index contributed by atoms with van der Waals surface area (Å²) in [7, 11) is 0. The SMILES string of the molecule is CC(F)(F)c1ccc(OC(CCCl)c2ccccc2)cc1. The molecule has 1 unspecified atom stereocenters. The summed E-state index contributed by atoms with van der Waals surface area (Å²) in [6.45, 7) is 0.878. The van der Waals surface area contributed by atoms with Crippen LogP contribution in [0, 0.1) is 0 Å². The van der Waals surface area contributed by atoms with Crippen molar-refractivity contribution in [1.29, 1.82) is 0 Å².